The maximum Gasteiger partial charge on any atom is 0.287 e. The summed E-state index contributed by atoms with van der Waals surface area (Å²) in [5.41, 5.74) is 6.04. The normalized spacial score (nSPS) is 21.6. The van der Waals surface area contributed by atoms with Crippen LogP contribution >= 0.6 is 0 Å². The van der Waals surface area contributed by atoms with E-state index in [1.165, 1.54) is 0 Å². The minimum absolute atomic E-state index is 0.0889. The topological polar surface area (TPSA) is 89.3 Å². The molecule has 25 heavy (non-hydrogen) atoms. The Hall–Kier alpha value is -2.17. The number of hydrogen-bond acceptors (Lipinski definition) is 3. The van der Waals surface area contributed by atoms with E-state index in [1.807, 2.05) is 30.3 Å². The van der Waals surface area contributed by atoms with Crippen molar-refractivity contribution in [3.05, 3.63) is 35.9 Å². The van der Waals surface area contributed by atoms with Crippen LogP contribution in [0.5, 0.6) is 0 Å². The summed E-state index contributed by atoms with van der Waals surface area (Å²) in [6.07, 6.45) is 4.00. The lowest BCUT2D eigenvalue weighted by Crippen LogP contribution is -2.49. The first-order valence-electron chi connectivity index (χ1n) is 9.06. The number of carbonyl (C=O) groups is 3. The van der Waals surface area contributed by atoms with Gasteiger partial charge < -0.3 is 11.1 Å². The smallest absolute Gasteiger partial charge is 0.287 e. The molecule has 1 saturated carbocycles. The molecule has 1 aliphatic rings. The molecular formula is C20H28N2O3. The molecule has 2 amide bonds. The van der Waals surface area contributed by atoms with Gasteiger partial charge in [-0.3, -0.25) is 14.4 Å². The Labute approximate surface area is 149 Å². The third-order valence-corrected chi connectivity index (χ3v) is 5.24. The van der Waals surface area contributed by atoms with Crippen molar-refractivity contribution in [2.24, 2.45) is 23.5 Å². The molecule has 1 aromatic rings. The van der Waals surface area contributed by atoms with Gasteiger partial charge in [0.1, 0.15) is 6.04 Å². The highest BCUT2D eigenvalue weighted by molar-refractivity contribution is 6.37. The van der Waals surface area contributed by atoms with Crippen LogP contribution in [0.3, 0.4) is 0 Å². The lowest BCUT2D eigenvalue weighted by Gasteiger charge is -2.31. The van der Waals surface area contributed by atoms with E-state index in [1.54, 1.807) is 0 Å². The van der Waals surface area contributed by atoms with E-state index in [4.69, 9.17) is 5.73 Å². The second kappa shape index (κ2) is 8.79. The standard InChI is InChI=1S/C20H28N2O3/c1-13(2)15-8-10-16(11-9-15)20(25)22-17(18(23)19(21)24)12-14-6-4-3-5-7-14/h3-7,13,15-17H,8-12H2,1-2H3,(H2,21,24)(H,22,25). The van der Waals surface area contributed by atoms with E-state index in [9.17, 15) is 14.4 Å². The van der Waals surface area contributed by atoms with Gasteiger partial charge in [0.2, 0.25) is 11.7 Å². The van der Waals surface area contributed by atoms with Crippen LogP contribution in [0, 0.1) is 17.8 Å². The quantitative estimate of drug-likeness (QED) is 0.743. The van der Waals surface area contributed by atoms with Gasteiger partial charge in [-0.15, -0.1) is 0 Å². The molecule has 0 bridgehead atoms. The predicted molar refractivity (Wildman–Crippen MR) is 96.6 cm³/mol. The van der Waals surface area contributed by atoms with Crippen molar-refractivity contribution in [2.75, 3.05) is 0 Å². The van der Waals surface area contributed by atoms with E-state index < -0.39 is 17.7 Å². The summed E-state index contributed by atoms with van der Waals surface area (Å²) in [7, 11) is 0. The Morgan fingerprint density at radius 2 is 1.68 bits per heavy atom. The molecular weight excluding hydrogens is 316 g/mol. The molecule has 0 aliphatic heterocycles. The fourth-order valence-electron chi connectivity index (χ4n) is 3.57. The zero-order valence-corrected chi connectivity index (χ0v) is 15.0. The Morgan fingerprint density at radius 3 is 2.20 bits per heavy atom. The molecule has 0 saturated heterocycles. The van der Waals surface area contributed by atoms with Crippen LogP contribution in [0.1, 0.15) is 45.1 Å². The highest BCUT2D eigenvalue weighted by Gasteiger charge is 2.31. The first-order chi connectivity index (χ1) is 11.9. The number of ketones is 1. The number of hydrogen-bond donors (Lipinski definition) is 2. The monoisotopic (exact) mass is 344 g/mol. The zero-order chi connectivity index (χ0) is 18.4. The lowest BCUT2D eigenvalue weighted by atomic mass is 9.76. The fourth-order valence-corrected chi connectivity index (χ4v) is 3.57. The molecule has 1 fully saturated rings. The van der Waals surface area contributed by atoms with Gasteiger partial charge >= 0.3 is 0 Å². The molecule has 0 radical (unpaired) electrons. The van der Waals surface area contributed by atoms with Crippen LogP contribution in [-0.2, 0) is 20.8 Å². The van der Waals surface area contributed by atoms with E-state index in [0.717, 1.165) is 31.2 Å². The maximum atomic E-state index is 12.6. The van der Waals surface area contributed by atoms with Gasteiger partial charge in [-0.05, 0) is 43.1 Å². The van der Waals surface area contributed by atoms with Gasteiger partial charge in [-0.1, -0.05) is 44.2 Å². The summed E-state index contributed by atoms with van der Waals surface area (Å²) in [5, 5.41) is 2.77. The molecule has 5 heteroatoms. The second-order valence-corrected chi connectivity index (χ2v) is 7.34. The maximum absolute atomic E-state index is 12.6. The van der Waals surface area contributed by atoms with Crippen molar-refractivity contribution < 1.29 is 14.4 Å². The van der Waals surface area contributed by atoms with Crippen LogP contribution < -0.4 is 11.1 Å². The first kappa shape index (κ1) is 19.2. The molecule has 1 aliphatic carbocycles. The molecule has 1 aromatic carbocycles. The van der Waals surface area contributed by atoms with Crippen LogP contribution in [-0.4, -0.2) is 23.6 Å². The average molecular weight is 344 g/mol. The molecule has 0 heterocycles. The minimum atomic E-state index is -1.01. The summed E-state index contributed by atoms with van der Waals surface area (Å²) < 4.78 is 0. The number of amides is 2. The van der Waals surface area contributed by atoms with Crippen molar-refractivity contribution in [1.82, 2.24) is 5.32 Å². The van der Waals surface area contributed by atoms with Crippen LogP contribution in [0.25, 0.3) is 0 Å². The Bertz CT molecular complexity index is 605. The third-order valence-electron chi connectivity index (χ3n) is 5.24. The number of carbonyl (C=O) groups excluding carboxylic acids is 3. The van der Waals surface area contributed by atoms with E-state index in [2.05, 4.69) is 19.2 Å². The number of primary amides is 1. The Morgan fingerprint density at radius 1 is 1.08 bits per heavy atom. The summed E-state index contributed by atoms with van der Waals surface area (Å²) in [4.78, 5) is 36.0. The highest BCUT2D eigenvalue weighted by atomic mass is 16.2. The first-order valence-corrected chi connectivity index (χ1v) is 9.06. The number of Topliss-reactive ketones (excluding diaryl/α,β-unsaturated/α-hetero) is 1. The molecule has 136 valence electrons. The lowest BCUT2D eigenvalue weighted by molar-refractivity contribution is -0.139. The average Bonchev–Trinajstić information content (AvgIpc) is 2.61. The number of rotatable bonds is 7. The van der Waals surface area contributed by atoms with Gasteiger partial charge in [0.25, 0.3) is 5.91 Å². The third kappa shape index (κ3) is 5.41. The number of nitrogens with one attached hydrogen (secondary N) is 1. The Kier molecular flexibility index (Phi) is 6.73. The van der Waals surface area contributed by atoms with E-state index in [0.29, 0.717) is 11.8 Å². The van der Waals surface area contributed by atoms with Crippen molar-refractivity contribution >= 4 is 17.6 Å². The molecule has 3 N–H and O–H groups in total. The Balaban J connectivity index is 2.00. The van der Waals surface area contributed by atoms with Crippen molar-refractivity contribution in [2.45, 2.75) is 52.0 Å². The van der Waals surface area contributed by atoms with Gasteiger partial charge in [-0.25, -0.2) is 0 Å². The molecule has 5 nitrogen and oxygen atoms in total. The van der Waals surface area contributed by atoms with Gasteiger partial charge in [-0.2, -0.15) is 0 Å². The number of nitrogens with two attached hydrogens (primary N) is 1. The molecule has 1 unspecified atom stereocenters. The molecule has 0 spiro atoms. The molecule has 1 atom stereocenters. The van der Waals surface area contributed by atoms with Gasteiger partial charge in [0.15, 0.2) is 0 Å². The summed E-state index contributed by atoms with van der Waals surface area (Å²) in [5.74, 6) is -0.688. The van der Waals surface area contributed by atoms with Crippen LogP contribution in [0.15, 0.2) is 30.3 Å². The van der Waals surface area contributed by atoms with E-state index >= 15 is 0 Å². The van der Waals surface area contributed by atoms with Gasteiger partial charge in [0.05, 0.1) is 0 Å². The second-order valence-electron chi connectivity index (χ2n) is 7.34. The zero-order valence-electron chi connectivity index (χ0n) is 15.0. The largest absolute Gasteiger partial charge is 0.363 e. The molecule has 0 aromatic heterocycles. The summed E-state index contributed by atoms with van der Waals surface area (Å²) >= 11 is 0. The van der Waals surface area contributed by atoms with Gasteiger partial charge in [0, 0.05) is 12.3 Å². The highest BCUT2D eigenvalue weighted by Crippen LogP contribution is 2.33. The summed E-state index contributed by atoms with van der Waals surface area (Å²) in [6.45, 7) is 4.43. The minimum Gasteiger partial charge on any atom is -0.363 e. The molecule has 2 rings (SSSR count). The van der Waals surface area contributed by atoms with Crippen molar-refractivity contribution in [1.29, 1.82) is 0 Å². The summed E-state index contributed by atoms with van der Waals surface area (Å²) in [6, 6.07) is 8.42. The SMILES string of the molecule is CC(C)C1CCC(C(=O)NC(Cc2ccccc2)C(=O)C(N)=O)CC1. The van der Waals surface area contributed by atoms with Crippen LogP contribution in [0.4, 0.5) is 0 Å². The predicted octanol–water partition coefficient (Wildman–Crippen LogP) is 2.23. The van der Waals surface area contributed by atoms with Crippen LogP contribution in [0.2, 0.25) is 0 Å². The van der Waals surface area contributed by atoms with E-state index in [-0.39, 0.29) is 18.2 Å². The van der Waals surface area contributed by atoms with Crippen molar-refractivity contribution in [3.8, 4) is 0 Å². The van der Waals surface area contributed by atoms with Crippen molar-refractivity contribution in [3.63, 3.8) is 0 Å². The fraction of sp³-hybridized carbons (Fsp3) is 0.550. The number of benzene rings is 1.